The van der Waals surface area contributed by atoms with Gasteiger partial charge in [0.15, 0.2) is 0 Å². The largest absolute Gasteiger partial charge is 0.394 e. The zero-order chi connectivity index (χ0) is 21.3. The van der Waals surface area contributed by atoms with Gasteiger partial charge in [0.25, 0.3) is 0 Å². The van der Waals surface area contributed by atoms with Gasteiger partial charge in [0.2, 0.25) is 17.6 Å². The molecule has 1 aromatic carbocycles. The molecule has 2 heterocycles. The van der Waals surface area contributed by atoms with Crippen molar-refractivity contribution in [3.63, 3.8) is 0 Å². The molecule has 4 N–H and O–H groups in total. The fourth-order valence-electron chi connectivity index (χ4n) is 3.63. The average Bonchev–Trinajstić information content (AvgIpc) is 2.74. The summed E-state index contributed by atoms with van der Waals surface area (Å²) < 4.78 is 5.19. The zero-order valence-electron chi connectivity index (χ0n) is 16.9. The van der Waals surface area contributed by atoms with E-state index in [1.807, 2.05) is 23.1 Å². The number of hydrogen-bond donors (Lipinski definition) is 3. The minimum absolute atomic E-state index is 0.0502. The predicted molar refractivity (Wildman–Crippen MR) is 115 cm³/mol. The molecule has 1 saturated heterocycles. The first-order valence-electron chi connectivity index (χ1n) is 10.1. The molecule has 162 valence electrons. The second-order valence-electron chi connectivity index (χ2n) is 7.24. The number of nitrogens with one attached hydrogen (secondary N) is 1. The number of anilines is 3. The Morgan fingerprint density at radius 1 is 1.23 bits per heavy atom. The molecule has 3 rings (SSSR count). The van der Waals surface area contributed by atoms with Gasteiger partial charge in [0.05, 0.1) is 24.7 Å². The Hall–Kier alpha value is -2.98. The maximum absolute atomic E-state index is 11.6. The van der Waals surface area contributed by atoms with Gasteiger partial charge in [-0.2, -0.15) is 9.97 Å². The Kier molecular flexibility index (Phi) is 7.75. The monoisotopic (exact) mass is 416 g/mol. The van der Waals surface area contributed by atoms with Crippen molar-refractivity contribution in [2.75, 3.05) is 55.4 Å². The number of nitrogens with zero attached hydrogens (tertiary/aromatic N) is 4. The standard InChI is InChI=1S/C20H28N6O4/c21-18-17(26(28)29)19(24-20(23-18)22-8-12-30-13-11-27)25-9-6-16(7-10-25)14-15-4-2-1-3-5-15/h1-5,16,27H,6-14H2,(H3,21,22,23,24). The molecule has 1 fully saturated rings. The SMILES string of the molecule is Nc1nc(NCCOCCO)nc(N2CCC(Cc3ccccc3)CC2)c1[N+](=O)[O-]. The smallest absolute Gasteiger partial charge is 0.353 e. The Balaban J connectivity index is 1.66. The van der Waals surface area contributed by atoms with Crippen LogP contribution in [0.5, 0.6) is 0 Å². The molecule has 0 saturated carbocycles. The molecule has 0 bridgehead atoms. The van der Waals surface area contributed by atoms with Crippen molar-refractivity contribution >= 4 is 23.3 Å². The molecule has 0 aliphatic carbocycles. The second-order valence-corrected chi connectivity index (χ2v) is 7.24. The van der Waals surface area contributed by atoms with E-state index >= 15 is 0 Å². The van der Waals surface area contributed by atoms with Gasteiger partial charge in [0, 0.05) is 19.6 Å². The highest BCUT2D eigenvalue weighted by atomic mass is 16.6. The highest BCUT2D eigenvalue weighted by Gasteiger charge is 2.30. The number of aliphatic hydroxyl groups is 1. The number of nitrogens with two attached hydrogens (primary N) is 1. The van der Waals surface area contributed by atoms with Gasteiger partial charge in [-0.25, -0.2) is 0 Å². The van der Waals surface area contributed by atoms with Gasteiger partial charge in [-0.05, 0) is 30.7 Å². The first-order valence-corrected chi connectivity index (χ1v) is 10.1. The van der Waals surface area contributed by atoms with Crippen LogP contribution in [0.2, 0.25) is 0 Å². The topological polar surface area (TPSA) is 140 Å². The number of aromatic nitrogens is 2. The van der Waals surface area contributed by atoms with Gasteiger partial charge < -0.3 is 25.8 Å². The summed E-state index contributed by atoms with van der Waals surface area (Å²) in [6, 6.07) is 10.4. The van der Waals surface area contributed by atoms with Crippen LogP contribution in [0.25, 0.3) is 0 Å². The van der Waals surface area contributed by atoms with Crippen molar-refractivity contribution in [1.82, 2.24) is 9.97 Å². The van der Waals surface area contributed by atoms with Crippen molar-refractivity contribution in [2.45, 2.75) is 19.3 Å². The Morgan fingerprint density at radius 2 is 1.97 bits per heavy atom. The minimum Gasteiger partial charge on any atom is -0.394 e. The molecule has 0 radical (unpaired) electrons. The van der Waals surface area contributed by atoms with Crippen molar-refractivity contribution in [3.05, 3.63) is 46.0 Å². The summed E-state index contributed by atoms with van der Waals surface area (Å²) in [5.74, 6) is 0.856. The van der Waals surface area contributed by atoms with E-state index in [9.17, 15) is 10.1 Å². The lowest BCUT2D eigenvalue weighted by molar-refractivity contribution is -0.383. The van der Waals surface area contributed by atoms with Gasteiger partial charge >= 0.3 is 5.69 Å². The van der Waals surface area contributed by atoms with Crippen molar-refractivity contribution in [2.24, 2.45) is 5.92 Å². The number of benzene rings is 1. The molecule has 2 aromatic rings. The summed E-state index contributed by atoms with van der Waals surface area (Å²) in [6.45, 7) is 2.29. The van der Waals surface area contributed by atoms with Crippen LogP contribution in [0.1, 0.15) is 18.4 Å². The van der Waals surface area contributed by atoms with Crippen LogP contribution in [0.3, 0.4) is 0 Å². The maximum atomic E-state index is 11.6. The second kappa shape index (κ2) is 10.7. The van der Waals surface area contributed by atoms with Gasteiger partial charge in [-0.3, -0.25) is 10.1 Å². The van der Waals surface area contributed by atoms with E-state index in [-0.39, 0.29) is 36.5 Å². The van der Waals surface area contributed by atoms with E-state index in [0.717, 1.165) is 19.3 Å². The lowest BCUT2D eigenvalue weighted by Gasteiger charge is -2.32. The number of ether oxygens (including phenoxy) is 1. The van der Waals surface area contributed by atoms with E-state index < -0.39 is 4.92 Å². The van der Waals surface area contributed by atoms with E-state index in [1.165, 1.54) is 5.56 Å². The van der Waals surface area contributed by atoms with Gasteiger partial charge in [-0.1, -0.05) is 30.3 Å². The zero-order valence-corrected chi connectivity index (χ0v) is 16.9. The number of nitrogen functional groups attached to an aromatic ring is 1. The third-order valence-corrected chi connectivity index (χ3v) is 5.12. The Morgan fingerprint density at radius 3 is 2.63 bits per heavy atom. The molecule has 1 aliphatic rings. The van der Waals surface area contributed by atoms with Gasteiger partial charge in [-0.15, -0.1) is 0 Å². The molecule has 0 unspecified atom stereocenters. The molecular weight excluding hydrogens is 388 g/mol. The first-order chi connectivity index (χ1) is 14.6. The maximum Gasteiger partial charge on any atom is 0.353 e. The first kappa shape index (κ1) is 21.7. The molecule has 10 heteroatoms. The van der Waals surface area contributed by atoms with Crippen LogP contribution in [-0.4, -0.2) is 59.5 Å². The molecule has 0 atom stereocenters. The van der Waals surface area contributed by atoms with Crippen LogP contribution in [-0.2, 0) is 11.2 Å². The number of rotatable bonds is 10. The highest BCUT2D eigenvalue weighted by Crippen LogP contribution is 2.34. The van der Waals surface area contributed by atoms with Crippen molar-refractivity contribution in [3.8, 4) is 0 Å². The highest BCUT2D eigenvalue weighted by molar-refractivity contribution is 5.71. The quantitative estimate of drug-likeness (QED) is 0.301. The summed E-state index contributed by atoms with van der Waals surface area (Å²) >= 11 is 0. The molecule has 10 nitrogen and oxygen atoms in total. The van der Waals surface area contributed by atoms with Crippen LogP contribution in [0.15, 0.2) is 30.3 Å². The Labute approximate surface area is 175 Å². The van der Waals surface area contributed by atoms with Crippen molar-refractivity contribution < 1.29 is 14.8 Å². The summed E-state index contributed by atoms with van der Waals surface area (Å²) in [6.07, 6.45) is 2.85. The van der Waals surface area contributed by atoms with Crippen molar-refractivity contribution in [1.29, 1.82) is 0 Å². The average molecular weight is 416 g/mol. The molecule has 30 heavy (non-hydrogen) atoms. The fraction of sp³-hybridized carbons (Fsp3) is 0.500. The van der Waals surface area contributed by atoms with Gasteiger partial charge in [0.1, 0.15) is 0 Å². The predicted octanol–water partition coefficient (Wildman–Crippen LogP) is 1.85. The van der Waals surface area contributed by atoms with Crippen LogP contribution >= 0.6 is 0 Å². The summed E-state index contributed by atoms with van der Waals surface area (Å²) in [5.41, 5.74) is 6.94. The molecule has 0 amide bonds. The van der Waals surface area contributed by atoms with E-state index in [2.05, 4.69) is 27.4 Å². The number of piperidine rings is 1. The summed E-state index contributed by atoms with van der Waals surface area (Å²) in [7, 11) is 0. The number of hydrogen-bond acceptors (Lipinski definition) is 9. The minimum atomic E-state index is -0.519. The van der Waals surface area contributed by atoms with Crippen LogP contribution in [0, 0.1) is 16.0 Å². The number of nitro groups is 1. The van der Waals surface area contributed by atoms with E-state index in [0.29, 0.717) is 32.2 Å². The third-order valence-electron chi connectivity index (χ3n) is 5.12. The lowest BCUT2D eigenvalue weighted by Crippen LogP contribution is -2.35. The Bertz CT molecular complexity index is 828. The normalized spacial score (nSPS) is 14.6. The lowest BCUT2D eigenvalue weighted by atomic mass is 9.90. The molecule has 1 aliphatic heterocycles. The van der Waals surface area contributed by atoms with Crippen LogP contribution < -0.4 is 16.0 Å². The third kappa shape index (κ3) is 5.77. The summed E-state index contributed by atoms with van der Waals surface area (Å²) in [4.78, 5) is 21.4. The molecule has 1 aromatic heterocycles. The van der Waals surface area contributed by atoms with E-state index in [1.54, 1.807) is 0 Å². The molecule has 0 spiro atoms. The fourth-order valence-corrected chi connectivity index (χ4v) is 3.63. The van der Waals surface area contributed by atoms with E-state index in [4.69, 9.17) is 15.6 Å². The summed E-state index contributed by atoms with van der Waals surface area (Å²) in [5, 5.41) is 23.3. The van der Waals surface area contributed by atoms with Crippen LogP contribution in [0.4, 0.5) is 23.3 Å². The number of aliphatic hydroxyl groups excluding tert-OH is 1. The molecular formula is C20H28N6O4.